The topological polar surface area (TPSA) is 88.2 Å². The summed E-state index contributed by atoms with van der Waals surface area (Å²) in [6, 6.07) is 5.63. The Labute approximate surface area is 139 Å². The maximum absolute atomic E-state index is 12.2. The van der Waals surface area contributed by atoms with E-state index in [9.17, 15) is 13.2 Å². The van der Waals surface area contributed by atoms with Gasteiger partial charge in [0, 0.05) is 11.1 Å². The van der Waals surface area contributed by atoms with E-state index < -0.39 is 15.9 Å². The molecule has 124 valence electrons. The van der Waals surface area contributed by atoms with Crippen molar-refractivity contribution in [1.82, 2.24) is 10.3 Å². The number of anilines is 1. The standard InChI is InChI=1S/C15H19N3O3S2/c1-9-14(22-11(3)16-9)10(2)17-15(19)18-12-7-5-6-8-13(12)23(4,20)21/h5-8,10H,1-4H3,(H2,17,18,19)/t10-/m1/s1. The first kappa shape index (κ1) is 17.4. The zero-order valence-electron chi connectivity index (χ0n) is 13.4. The average molecular weight is 353 g/mol. The molecule has 2 amide bonds. The molecule has 0 aliphatic heterocycles. The molecule has 2 rings (SSSR count). The molecule has 23 heavy (non-hydrogen) atoms. The van der Waals surface area contributed by atoms with E-state index in [4.69, 9.17) is 0 Å². The molecule has 0 fully saturated rings. The lowest BCUT2D eigenvalue weighted by atomic mass is 10.2. The number of benzene rings is 1. The third-order valence-corrected chi connectivity index (χ3v) is 5.63. The van der Waals surface area contributed by atoms with Gasteiger partial charge in [-0.05, 0) is 32.9 Å². The van der Waals surface area contributed by atoms with E-state index in [1.807, 2.05) is 20.8 Å². The van der Waals surface area contributed by atoms with Gasteiger partial charge in [0.05, 0.1) is 27.3 Å². The minimum absolute atomic E-state index is 0.0904. The van der Waals surface area contributed by atoms with Crippen LogP contribution in [0.5, 0.6) is 0 Å². The number of aromatic nitrogens is 1. The van der Waals surface area contributed by atoms with Gasteiger partial charge in [0.25, 0.3) is 0 Å². The second-order valence-corrected chi connectivity index (χ2v) is 8.49. The molecule has 1 atom stereocenters. The Kier molecular flexibility index (Phi) is 5.06. The van der Waals surface area contributed by atoms with Crippen LogP contribution in [0.25, 0.3) is 0 Å². The number of aryl methyl sites for hydroxylation is 2. The molecule has 0 saturated carbocycles. The summed E-state index contributed by atoms with van der Waals surface area (Å²) >= 11 is 1.53. The van der Waals surface area contributed by atoms with Crippen LogP contribution in [-0.4, -0.2) is 25.7 Å². The summed E-state index contributed by atoms with van der Waals surface area (Å²) in [6.45, 7) is 5.67. The molecule has 0 spiro atoms. The van der Waals surface area contributed by atoms with Crippen molar-refractivity contribution in [2.45, 2.75) is 31.7 Å². The summed E-state index contributed by atoms with van der Waals surface area (Å²) in [7, 11) is -3.41. The molecule has 2 N–H and O–H groups in total. The first-order valence-electron chi connectivity index (χ1n) is 6.99. The van der Waals surface area contributed by atoms with Gasteiger partial charge < -0.3 is 10.6 Å². The van der Waals surface area contributed by atoms with Gasteiger partial charge >= 0.3 is 6.03 Å². The Hall–Kier alpha value is -1.93. The fourth-order valence-corrected chi connectivity index (χ4v) is 4.04. The number of carbonyl (C=O) groups excluding carboxylic acids is 1. The third-order valence-electron chi connectivity index (χ3n) is 3.22. The summed E-state index contributed by atoms with van der Waals surface area (Å²) < 4.78 is 23.5. The second kappa shape index (κ2) is 6.67. The van der Waals surface area contributed by atoms with Gasteiger partial charge in [-0.15, -0.1) is 11.3 Å². The van der Waals surface area contributed by atoms with Crippen molar-refractivity contribution in [1.29, 1.82) is 0 Å². The SMILES string of the molecule is Cc1nc(C)c([C@@H](C)NC(=O)Nc2ccccc2S(C)(=O)=O)s1. The van der Waals surface area contributed by atoms with Gasteiger partial charge in [-0.25, -0.2) is 18.2 Å². The maximum atomic E-state index is 12.2. The lowest BCUT2D eigenvalue weighted by Gasteiger charge is -2.15. The van der Waals surface area contributed by atoms with Crippen molar-refractivity contribution in [3.8, 4) is 0 Å². The number of sulfone groups is 1. The van der Waals surface area contributed by atoms with Gasteiger partial charge in [0.1, 0.15) is 0 Å². The minimum atomic E-state index is -3.41. The second-order valence-electron chi connectivity index (χ2n) is 5.27. The van der Waals surface area contributed by atoms with Crippen molar-refractivity contribution in [3.63, 3.8) is 0 Å². The lowest BCUT2D eigenvalue weighted by molar-refractivity contribution is 0.249. The van der Waals surface area contributed by atoms with E-state index in [-0.39, 0.29) is 16.6 Å². The number of urea groups is 1. The Morgan fingerprint density at radius 2 is 1.91 bits per heavy atom. The molecule has 0 saturated heterocycles. The smallest absolute Gasteiger partial charge is 0.319 e. The largest absolute Gasteiger partial charge is 0.330 e. The Bertz CT molecular complexity index is 828. The van der Waals surface area contributed by atoms with Crippen LogP contribution in [0.1, 0.15) is 28.5 Å². The minimum Gasteiger partial charge on any atom is -0.330 e. The number of thiazole rings is 1. The highest BCUT2D eigenvalue weighted by molar-refractivity contribution is 7.90. The van der Waals surface area contributed by atoms with Crippen LogP contribution >= 0.6 is 11.3 Å². The third kappa shape index (κ3) is 4.29. The highest BCUT2D eigenvalue weighted by Crippen LogP contribution is 2.25. The van der Waals surface area contributed by atoms with E-state index in [1.54, 1.807) is 18.2 Å². The average Bonchev–Trinajstić information content (AvgIpc) is 2.77. The molecule has 1 aromatic heterocycles. The number of para-hydroxylation sites is 1. The van der Waals surface area contributed by atoms with Crippen molar-refractivity contribution in [2.75, 3.05) is 11.6 Å². The highest BCUT2D eigenvalue weighted by Gasteiger charge is 2.18. The molecule has 2 aromatic rings. The van der Waals surface area contributed by atoms with Gasteiger partial charge in [-0.2, -0.15) is 0 Å². The number of hydrogen-bond acceptors (Lipinski definition) is 5. The van der Waals surface area contributed by atoms with E-state index in [2.05, 4.69) is 15.6 Å². The fraction of sp³-hybridized carbons (Fsp3) is 0.333. The fourth-order valence-electron chi connectivity index (χ4n) is 2.26. The quantitative estimate of drug-likeness (QED) is 0.884. The first-order valence-corrected chi connectivity index (χ1v) is 9.70. The monoisotopic (exact) mass is 353 g/mol. The lowest BCUT2D eigenvalue weighted by Crippen LogP contribution is -2.31. The number of hydrogen-bond donors (Lipinski definition) is 2. The van der Waals surface area contributed by atoms with Crippen LogP contribution in [0, 0.1) is 13.8 Å². The normalized spacial score (nSPS) is 12.7. The Balaban J connectivity index is 2.13. The maximum Gasteiger partial charge on any atom is 0.319 e. The molecule has 0 radical (unpaired) electrons. The predicted molar refractivity (Wildman–Crippen MR) is 91.7 cm³/mol. The molecule has 1 aromatic carbocycles. The van der Waals surface area contributed by atoms with Crippen LogP contribution in [0.4, 0.5) is 10.5 Å². The first-order chi connectivity index (χ1) is 10.7. The molecule has 0 bridgehead atoms. The number of nitrogens with one attached hydrogen (secondary N) is 2. The van der Waals surface area contributed by atoms with E-state index >= 15 is 0 Å². The number of rotatable bonds is 4. The van der Waals surface area contributed by atoms with Gasteiger partial charge in [-0.3, -0.25) is 0 Å². The summed E-state index contributed by atoms with van der Waals surface area (Å²) in [5.41, 5.74) is 1.15. The predicted octanol–water partition coefficient (Wildman–Crippen LogP) is 3.05. The van der Waals surface area contributed by atoms with Crippen LogP contribution in [0.3, 0.4) is 0 Å². The Morgan fingerprint density at radius 3 is 2.48 bits per heavy atom. The van der Waals surface area contributed by atoms with Crippen LogP contribution in [0.15, 0.2) is 29.2 Å². The summed E-state index contributed by atoms with van der Waals surface area (Å²) in [5.74, 6) is 0. The van der Waals surface area contributed by atoms with Crippen LogP contribution in [0.2, 0.25) is 0 Å². The van der Waals surface area contributed by atoms with Crippen LogP contribution in [-0.2, 0) is 9.84 Å². The molecular formula is C15H19N3O3S2. The highest BCUT2D eigenvalue weighted by atomic mass is 32.2. The zero-order valence-corrected chi connectivity index (χ0v) is 15.0. The molecule has 0 aliphatic carbocycles. The van der Waals surface area contributed by atoms with Gasteiger partial charge in [0.2, 0.25) is 0 Å². The van der Waals surface area contributed by atoms with Crippen molar-refractivity contribution < 1.29 is 13.2 Å². The van der Waals surface area contributed by atoms with Crippen LogP contribution < -0.4 is 10.6 Å². The summed E-state index contributed by atoms with van der Waals surface area (Å²) in [5, 5.41) is 6.34. The molecule has 6 nitrogen and oxygen atoms in total. The number of carbonyl (C=O) groups is 1. The van der Waals surface area contributed by atoms with Gasteiger partial charge in [-0.1, -0.05) is 12.1 Å². The number of amides is 2. The molecule has 0 aliphatic rings. The van der Waals surface area contributed by atoms with Crippen molar-refractivity contribution in [2.24, 2.45) is 0 Å². The molecular weight excluding hydrogens is 334 g/mol. The van der Waals surface area contributed by atoms with E-state index in [0.717, 1.165) is 21.8 Å². The summed E-state index contributed by atoms with van der Waals surface area (Å²) in [4.78, 5) is 17.6. The van der Waals surface area contributed by atoms with Crippen molar-refractivity contribution in [3.05, 3.63) is 39.8 Å². The molecule has 0 unspecified atom stereocenters. The van der Waals surface area contributed by atoms with Crippen molar-refractivity contribution >= 4 is 32.9 Å². The zero-order chi connectivity index (χ0) is 17.2. The molecule has 1 heterocycles. The van der Waals surface area contributed by atoms with Gasteiger partial charge in [0.15, 0.2) is 9.84 Å². The Morgan fingerprint density at radius 1 is 1.26 bits per heavy atom. The van der Waals surface area contributed by atoms with E-state index in [0.29, 0.717) is 0 Å². The number of nitrogens with zero attached hydrogens (tertiary/aromatic N) is 1. The van der Waals surface area contributed by atoms with E-state index in [1.165, 1.54) is 17.4 Å². The molecule has 8 heteroatoms. The summed E-state index contributed by atoms with van der Waals surface area (Å²) in [6.07, 6.45) is 1.11.